The molecule has 0 spiro atoms. The smallest absolute Gasteiger partial charge is 0.330 e. The molecular weight excluding hydrogens is 288 g/mol. The van der Waals surface area contributed by atoms with Crippen LogP contribution in [0.4, 0.5) is 0 Å². The summed E-state index contributed by atoms with van der Waals surface area (Å²) >= 11 is 3.23. The summed E-state index contributed by atoms with van der Waals surface area (Å²) < 4.78 is 5.50. The largest absolute Gasteiger partial charge is 0.463 e. The van der Waals surface area contributed by atoms with Crippen LogP contribution in [0.25, 0.3) is 0 Å². The zero-order valence-electron chi connectivity index (χ0n) is 9.33. The lowest BCUT2D eigenvalue weighted by molar-refractivity contribution is -0.137. The molecule has 0 unspecified atom stereocenters. The maximum atomic E-state index is 11.5. The van der Waals surface area contributed by atoms with Gasteiger partial charge in [0.25, 0.3) is 5.91 Å². The highest BCUT2D eigenvalue weighted by atomic mass is 79.9. The van der Waals surface area contributed by atoms with Gasteiger partial charge in [-0.25, -0.2) is 4.79 Å². The highest BCUT2D eigenvalue weighted by molar-refractivity contribution is 9.10. The van der Waals surface area contributed by atoms with Crippen LogP contribution in [0.1, 0.15) is 17.4 Å². The Balaban J connectivity index is 2.32. The number of H-pyrrole nitrogens is 1. The molecule has 0 saturated carbocycles. The van der Waals surface area contributed by atoms with Crippen LogP contribution < -0.4 is 5.32 Å². The van der Waals surface area contributed by atoms with E-state index < -0.39 is 5.97 Å². The first-order valence-corrected chi connectivity index (χ1v) is 5.88. The molecule has 0 aromatic carbocycles. The molecule has 6 heteroatoms. The molecule has 1 aromatic heterocycles. The van der Waals surface area contributed by atoms with Crippen molar-refractivity contribution in [3.05, 3.63) is 34.6 Å². The molecule has 0 aliphatic rings. The minimum atomic E-state index is -0.413. The topological polar surface area (TPSA) is 71.2 Å². The van der Waals surface area contributed by atoms with E-state index >= 15 is 0 Å². The number of carbonyl (C=O) groups is 2. The van der Waals surface area contributed by atoms with E-state index in [0.717, 1.165) is 4.47 Å². The van der Waals surface area contributed by atoms with E-state index in [1.165, 1.54) is 12.2 Å². The Morgan fingerprint density at radius 3 is 2.94 bits per heavy atom. The number of rotatable bonds is 5. The van der Waals surface area contributed by atoms with Crippen molar-refractivity contribution in [1.82, 2.24) is 10.3 Å². The quantitative estimate of drug-likeness (QED) is 0.641. The zero-order chi connectivity index (χ0) is 12.7. The SMILES string of the molecule is CCOC(=O)C=CCNC(=O)c1cc(Br)c[nH]1. The summed E-state index contributed by atoms with van der Waals surface area (Å²) in [6.07, 6.45) is 4.49. The molecule has 0 fully saturated rings. The second kappa shape index (κ2) is 6.90. The summed E-state index contributed by atoms with van der Waals surface area (Å²) in [5.74, 6) is -0.645. The fourth-order valence-electron chi connectivity index (χ4n) is 1.09. The van der Waals surface area contributed by atoms with Crippen molar-refractivity contribution >= 4 is 27.8 Å². The van der Waals surface area contributed by atoms with Crippen molar-refractivity contribution in [2.24, 2.45) is 0 Å². The number of hydrogen-bond donors (Lipinski definition) is 2. The van der Waals surface area contributed by atoms with Crippen molar-refractivity contribution in [2.75, 3.05) is 13.2 Å². The monoisotopic (exact) mass is 300 g/mol. The van der Waals surface area contributed by atoms with Crippen LogP contribution in [0.3, 0.4) is 0 Å². The standard InChI is InChI=1S/C11H13BrN2O3/c1-2-17-10(15)4-3-5-13-11(16)9-6-8(12)7-14-9/h3-4,6-7,14H,2,5H2,1H3,(H,13,16). The maximum absolute atomic E-state index is 11.5. The van der Waals surface area contributed by atoms with Crippen molar-refractivity contribution in [2.45, 2.75) is 6.92 Å². The van der Waals surface area contributed by atoms with Gasteiger partial charge in [-0.05, 0) is 28.9 Å². The number of aromatic amines is 1. The Labute approximate surface area is 107 Å². The Bertz CT molecular complexity index is 426. The van der Waals surface area contributed by atoms with Gasteiger partial charge in [-0.1, -0.05) is 6.08 Å². The lowest BCUT2D eigenvalue weighted by Gasteiger charge is -1.99. The van der Waals surface area contributed by atoms with E-state index in [1.54, 1.807) is 19.2 Å². The highest BCUT2D eigenvalue weighted by Crippen LogP contribution is 2.09. The van der Waals surface area contributed by atoms with E-state index in [4.69, 9.17) is 0 Å². The third-order valence-corrected chi connectivity index (χ3v) is 2.27. The predicted octanol–water partition coefficient (Wildman–Crippen LogP) is 1.63. The number of aromatic nitrogens is 1. The van der Waals surface area contributed by atoms with Gasteiger partial charge in [-0.15, -0.1) is 0 Å². The molecule has 0 saturated heterocycles. The van der Waals surface area contributed by atoms with Crippen LogP contribution in [0.5, 0.6) is 0 Å². The normalized spacial score (nSPS) is 10.5. The summed E-state index contributed by atoms with van der Waals surface area (Å²) in [6, 6.07) is 1.67. The van der Waals surface area contributed by atoms with Gasteiger partial charge in [0, 0.05) is 23.3 Å². The third kappa shape index (κ3) is 4.86. The average molecular weight is 301 g/mol. The number of amides is 1. The average Bonchev–Trinajstić information content (AvgIpc) is 2.71. The van der Waals surface area contributed by atoms with Crippen LogP contribution in [-0.4, -0.2) is 30.0 Å². The number of halogens is 1. The van der Waals surface area contributed by atoms with Crippen molar-refractivity contribution in [1.29, 1.82) is 0 Å². The van der Waals surface area contributed by atoms with Crippen molar-refractivity contribution in [3.8, 4) is 0 Å². The van der Waals surface area contributed by atoms with Gasteiger partial charge in [-0.2, -0.15) is 0 Å². The van der Waals surface area contributed by atoms with E-state index in [2.05, 4.69) is 31.0 Å². The minimum Gasteiger partial charge on any atom is -0.463 e. The maximum Gasteiger partial charge on any atom is 0.330 e. The molecule has 0 atom stereocenters. The Hall–Kier alpha value is -1.56. The molecule has 1 amide bonds. The molecular formula is C11H13BrN2O3. The highest BCUT2D eigenvalue weighted by Gasteiger charge is 2.05. The molecule has 92 valence electrons. The number of nitrogens with one attached hydrogen (secondary N) is 2. The summed E-state index contributed by atoms with van der Waals surface area (Å²) in [6.45, 7) is 2.34. The lowest BCUT2D eigenvalue weighted by Crippen LogP contribution is -2.23. The number of carbonyl (C=O) groups excluding carboxylic acids is 2. The number of esters is 1. The van der Waals surface area contributed by atoms with Crippen LogP contribution in [-0.2, 0) is 9.53 Å². The number of ether oxygens (including phenoxy) is 1. The summed E-state index contributed by atoms with van der Waals surface area (Å²) in [5, 5.41) is 2.62. The first-order chi connectivity index (χ1) is 8.13. The molecule has 2 N–H and O–H groups in total. The third-order valence-electron chi connectivity index (χ3n) is 1.81. The first kappa shape index (κ1) is 13.5. The molecule has 0 radical (unpaired) electrons. The molecule has 0 aliphatic carbocycles. The van der Waals surface area contributed by atoms with Crippen LogP contribution in [0.2, 0.25) is 0 Å². The second-order valence-electron chi connectivity index (χ2n) is 3.10. The van der Waals surface area contributed by atoms with E-state index in [1.807, 2.05) is 0 Å². The Morgan fingerprint density at radius 1 is 1.59 bits per heavy atom. The van der Waals surface area contributed by atoms with Gasteiger partial charge in [0.05, 0.1) is 6.61 Å². The van der Waals surface area contributed by atoms with E-state index in [-0.39, 0.29) is 12.5 Å². The fraction of sp³-hybridized carbons (Fsp3) is 0.273. The zero-order valence-corrected chi connectivity index (χ0v) is 10.9. The molecule has 0 aliphatic heterocycles. The molecule has 1 heterocycles. The molecule has 1 aromatic rings. The Kier molecular flexibility index (Phi) is 5.48. The van der Waals surface area contributed by atoms with Crippen LogP contribution >= 0.6 is 15.9 Å². The molecule has 1 rings (SSSR count). The molecule has 17 heavy (non-hydrogen) atoms. The van der Waals surface area contributed by atoms with Gasteiger partial charge >= 0.3 is 5.97 Å². The van der Waals surface area contributed by atoms with Crippen LogP contribution in [0, 0.1) is 0 Å². The van der Waals surface area contributed by atoms with Gasteiger partial charge in [0.15, 0.2) is 0 Å². The summed E-state index contributed by atoms with van der Waals surface area (Å²) in [4.78, 5) is 25.2. The predicted molar refractivity (Wildman–Crippen MR) is 66.6 cm³/mol. The molecule has 5 nitrogen and oxygen atoms in total. The summed E-state index contributed by atoms with van der Waals surface area (Å²) in [5.41, 5.74) is 0.460. The van der Waals surface area contributed by atoms with Crippen molar-refractivity contribution < 1.29 is 14.3 Å². The molecule has 0 bridgehead atoms. The summed E-state index contributed by atoms with van der Waals surface area (Å²) in [7, 11) is 0. The fourth-order valence-corrected chi connectivity index (χ4v) is 1.43. The van der Waals surface area contributed by atoms with Gasteiger partial charge in [0.2, 0.25) is 0 Å². The Morgan fingerprint density at radius 2 is 2.35 bits per heavy atom. The van der Waals surface area contributed by atoms with Crippen molar-refractivity contribution in [3.63, 3.8) is 0 Å². The van der Waals surface area contributed by atoms with E-state index in [9.17, 15) is 9.59 Å². The van der Waals surface area contributed by atoms with Gasteiger partial charge < -0.3 is 15.0 Å². The lowest BCUT2D eigenvalue weighted by atomic mass is 10.4. The first-order valence-electron chi connectivity index (χ1n) is 5.09. The second-order valence-corrected chi connectivity index (χ2v) is 4.01. The van der Waals surface area contributed by atoms with Crippen LogP contribution in [0.15, 0.2) is 28.9 Å². The minimum absolute atomic E-state index is 0.232. The van der Waals surface area contributed by atoms with Gasteiger partial charge in [0.1, 0.15) is 5.69 Å². The number of hydrogen-bond acceptors (Lipinski definition) is 3. The van der Waals surface area contributed by atoms with Gasteiger partial charge in [-0.3, -0.25) is 4.79 Å². The van der Waals surface area contributed by atoms with E-state index in [0.29, 0.717) is 12.3 Å².